The minimum Gasteiger partial charge on any atom is -0.508 e. The van der Waals surface area contributed by atoms with Crippen LogP contribution in [0.5, 0.6) is 11.5 Å². The van der Waals surface area contributed by atoms with Gasteiger partial charge in [-0.1, -0.05) is 46.4 Å². The minimum absolute atomic E-state index is 0.204. The maximum atomic E-state index is 13.2. The summed E-state index contributed by atoms with van der Waals surface area (Å²) in [6.45, 7) is -3.22. The maximum absolute atomic E-state index is 13.2. The van der Waals surface area contributed by atoms with Gasteiger partial charge in [0.25, 0.3) is 0 Å². The lowest BCUT2D eigenvalue weighted by atomic mass is 9.66. The molecule has 3 nitrogen and oxygen atoms in total. The van der Waals surface area contributed by atoms with Crippen molar-refractivity contribution in [3.05, 3.63) is 23.3 Å². The monoisotopic (exact) mass is 388 g/mol. The quantitative estimate of drug-likeness (QED) is 0.585. The fraction of sp³-hybridized carbons (Fsp3) is 0.708. The number of hydrogen-bond acceptors (Lipinski definition) is 3. The number of carbonyl (C=O) groups is 1. The Morgan fingerprint density at radius 3 is 2.89 bits per heavy atom. The van der Waals surface area contributed by atoms with Crippen LogP contribution >= 0.6 is 0 Å². The van der Waals surface area contributed by atoms with Gasteiger partial charge >= 0.3 is 0 Å². The summed E-state index contributed by atoms with van der Waals surface area (Å²) in [5.74, 6) is -12.1. The van der Waals surface area contributed by atoms with Gasteiger partial charge in [-0.15, -0.1) is 0 Å². The molecule has 0 amide bonds. The fourth-order valence-electron chi connectivity index (χ4n) is 3.39. The van der Waals surface area contributed by atoms with Crippen LogP contribution in [0, 0.1) is 5.89 Å². The molecule has 3 heteroatoms. The zero-order chi connectivity index (χ0) is 33.8. The molecule has 0 aromatic heterocycles. The Morgan fingerprint density at radius 1 is 1.41 bits per heavy atom. The van der Waals surface area contributed by atoms with Gasteiger partial charge in [0.15, 0.2) is 0 Å². The Morgan fingerprint density at radius 2 is 2.19 bits per heavy atom. The molecule has 1 N–H and O–H groups in total. The van der Waals surface area contributed by atoms with Crippen LogP contribution in [0.4, 0.5) is 0 Å². The number of phenolic OH excluding ortho intramolecular Hbond substituents is 1. The highest BCUT2D eigenvalue weighted by atomic mass is 16.5. The third-order valence-electron chi connectivity index (χ3n) is 5.00. The summed E-state index contributed by atoms with van der Waals surface area (Å²) in [6.07, 6.45) is -11.9. The Kier molecular flexibility index (Phi) is 2.24. The number of rotatable bonds is 6. The molecule has 2 atom stereocenters. The molecule has 2 aliphatic rings. The first kappa shape index (κ1) is 8.08. The predicted molar refractivity (Wildman–Crippen MR) is 110 cm³/mol. The van der Waals surface area contributed by atoms with Crippen LogP contribution in [0.2, 0.25) is 0 Å². The molecule has 1 heterocycles. The lowest BCUT2D eigenvalue weighted by molar-refractivity contribution is -0.124. The van der Waals surface area contributed by atoms with Crippen molar-refractivity contribution in [2.24, 2.45) is 5.89 Å². The second-order valence-electron chi connectivity index (χ2n) is 7.55. The number of hydrogen-bond donors (Lipinski definition) is 1. The van der Waals surface area contributed by atoms with E-state index in [1.165, 1.54) is 6.92 Å². The topological polar surface area (TPSA) is 46.5 Å². The van der Waals surface area contributed by atoms with Crippen molar-refractivity contribution in [1.29, 1.82) is 0 Å². The van der Waals surface area contributed by atoms with Crippen LogP contribution < -0.4 is 4.74 Å². The van der Waals surface area contributed by atoms with Crippen molar-refractivity contribution in [2.45, 2.75) is 103 Å². The van der Waals surface area contributed by atoms with Crippen LogP contribution in [0.3, 0.4) is 0 Å². The van der Waals surface area contributed by atoms with E-state index in [0.29, 0.717) is 19.3 Å². The summed E-state index contributed by atoms with van der Waals surface area (Å²) in [6, 6.07) is 2.12. The van der Waals surface area contributed by atoms with Crippen molar-refractivity contribution in [3.63, 3.8) is 0 Å². The summed E-state index contributed by atoms with van der Waals surface area (Å²) in [7, 11) is 0. The molecule has 1 aromatic carbocycles. The van der Waals surface area contributed by atoms with E-state index >= 15 is 0 Å². The smallest absolute Gasteiger partial charge is 0.133 e. The zero-order valence-corrected chi connectivity index (χ0v) is 15.7. The van der Waals surface area contributed by atoms with Gasteiger partial charge in [0.2, 0.25) is 0 Å². The number of unbranched alkanes of at least 4 members (excludes halogenated alkanes) is 1. The molecule has 0 saturated heterocycles. The van der Waals surface area contributed by atoms with Gasteiger partial charge in [0.05, 0.1) is 0 Å². The highest BCUT2D eigenvalue weighted by molar-refractivity contribution is 5.81. The number of carbonyl (C=O) groups excluding carboxylic acids is 1. The first-order valence-corrected chi connectivity index (χ1v) is 8.95. The number of phenols is 1. The molecule has 1 saturated carbocycles. The molecule has 3 rings (SSSR count). The summed E-state index contributed by atoms with van der Waals surface area (Å²) >= 11 is 0. The van der Waals surface area contributed by atoms with Gasteiger partial charge in [-0.3, -0.25) is 4.79 Å². The molecule has 0 unspecified atom stereocenters. The summed E-state index contributed by atoms with van der Waals surface area (Å²) in [5, 5.41) is 11.3. The summed E-state index contributed by atoms with van der Waals surface area (Å²) in [4.78, 5) is 13.2. The lowest BCUT2D eigenvalue weighted by Gasteiger charge is -2.47. The van der Waals surface area contributed by atoms with Crippen molar-refractivity contribution >= 4 is 5.78 Å². The first-order chi connectivity index (χ1) is 18.8. The summed E-state index contributed by atoms with van der Waals surface area (Å²) in [5.41, 5.74) is -5.84. The van der Waals surface area contributed by atoms with Crippen LogP contribution in [0.15, 0.2) is 12.1 Å². The standard InChI is InChI=1S/C24H36O3/c1-6-7-8-9-12-23(2,3)16-13-20(26)22-18-15-17(25)10-11-19(18)24(4,5)27-21(22)14-16/h13-14,18-19,26H,6-12,15H2,1-5H3/t18-,19-/m1/s1/i4D3,5D3,6D2,10D2,11D2,15D2,18D,19D. The Hall–Kier alpha value is -1.51. The number of fused-ring (bicyclic) bond motifs is 3. The average molecular weight is 389 g/mol. The normalized spacial score (nSPS) is 45.4. The molecule has 150 valence electrons. The van der Waals surface area contributed by atoms with Gasteiger partial charge in [0.1, 0.15) is 22.9 Å². The Bertz CT molecular complexity index is 1280. The van der Waals surface area contributed by atoms with E-state index in [1.54, 1.807) is 13.8 Å². The van der Waals surface area contributed by atoms with Crippen molar-refractivity contribution in [2.75, 3.05) is 0 Å². The van der Waals surface area contributed by atoms with E-state index < -0.39 is 84.8 Å². The minimum atomic E-state index is -4.23. The van der Waals surface area contributed by atoms with Gasteiger partial charge in [0, 0.05) is 52.0 Å². The number of ether oxygens (including phenoxy) is 1. The molecule has 0 bridgehead atoms. The van der Waals surface area contributed by atoms with Crippen molar-refractivity contribution in [3.8, 4) is 11.5 Å². The van der Waals surface area contributed by atoms with Crippen molar-refractivity contribution in [1.82, 2.24) is 0 Å². The summed E-state index contributed by atoms with van der Waals surface area (Å²) < 4.78 is 140. The van der Waals surface area contributed by atoms with Gasteiger partial charge < -0.3 is 9.84 Å². The SMILES string of the molecule is [2H]C([2H])(C)CCCCC(C)(C)c1cc(O)c2c(c1)OC(C([2H])([2H])[2H])(C([2H])([2H])[2H])[C@]1([2H])C([2H])([2H])C([2H])([2H])C(=O)C([2H])([2H])[C@@]21[2H]. The van der Waals surface area contributed by atoms with E-state index in [4.69, 9.17) is 23.9 Å². The van der Waals surface area contributed by atoms with Gasteiger partial charge in [-0.25, -0.2) is 0 Å². The Labute approximate surface area is 187 Å². The van der Waals surface area contributed by atoms with E-state index in [1.807, 2.05) is 0 Å². The third kappa shape index (κ3) is 4.02. The molecular weight excluding hydrogens is 336 g/mol. The molecule has 27 heavy (non-hydrogen) atoms. The molecule has 1 aliphatic carbocycles. The van der Waals surface area contributed by atoms with E-state index in [-0.39, 0.29) is 12.0 Å². The molecule has 0 spiro atoms. The van der Waals surface area contributed by atoms with E-state index in [9.17, 15) is 12.6 Å². The van der Waals surface area contributed by atoms with Crippen molar-refractivity contribution < 1.29 is 36.6 Å². The Balaban J connectivity index is 2.46. The second kappa shape index (κ2) is 7.48. The number of benzene rings is 1. The third-order valence-corrected chi connectivity index (χ3v) is 5.00. The number of ketones is 1. The highest BCUT2D eigenvalue weighted by Crippen LogP contribution is 2.54. The molecule has 0 radical (unpaired) electrons. The molecule has 1 aliphatic heterocycles. The predicted octanol–water partition coefficient (Wildman–Crippen LogP) is 6.26. The van der Waals surface area contributed by atoms with Crippen LogP contribution in [-0.2, 0) is 10.2 Å². The zero-order valence-electron chi connectivity index (χ0n) is 31.7. The lowest BCUT2D eigenvalue weighted by Crippen LogP contribution is -2.47. The maximum Gasteiger partial charge on any atom is 0.133 e. The molecule has 1 fully saturated rings. The fourth-order valence-corrected chi connectivity index (χ4v) is 3.39. The highest BCUT2D eigenvalue weighted by Gasteiger charge is 2.47. The molecular formula is C24H36O3. The molecule has 1 aromatic rings. The number of aromatic hydroxyl groups is 1. The second-order valence-corrected chi connectivity index (χ2v) is 7.55. The van der Waals surface area contributed by atoms with Crippen LogP contribution in [-0.4, -0.2) is 16.5 Å². The van der Waals surface area contributed by atoms with Crippen LogP contribution in [0.25, 0.3) is 0 Å². The van der Waals surface area contributed by atoms with Crippen LogP contribution in [0.1, 0.15) is 125 Å². The number of Topliss-reactive ketones (excluding diaryl/α,β-unsaturated/α-hetero) is 1. The largest absolute Gasteiger partial charge is 0.508 e. The van der Waals surface area contributed by atoms with Gasteiger partial charge in [-0.05, 0) is 49.6 Å². The van der Waals surface area contributed by atoms with Gasteiger partial charge in [-0.2, -0.15) is 0 Å². The van der Waals surface area contributed by atoms with E-state index in [0.717, 1.165) is 12.1 Å². The first-order valence-electron chi connectivity index (χ1n) is 16.9. The average Bonchev–Trinajstić information content (AvgIpc) is 2.79. The van der Waals surface area contributed by atoms with E-state index in [2.05, 4.69) is 0 Å².